The molecule has 1 unspecified atom stereocenters. The Kier molecular flexibility index (Phi) is 7.11. The number of aryl methyl sites for hydroxylation is 1. The Morgan fingerprint density at radius 3 is 2.45 bits per heavy atom. The average Bonchev–Trinajstić information content (AvgIpc) is 3.19. The number of rotatable bonds is 5. The van der Waals surface area contributed by atoms with Gasteiger partial charge >= 0.3 is 0 Å². The minimum Gasteiger partial charge on any atom is -0.388 e. The minimum absolute atomic E-state index is 0.296. The molecule has 2 aromatic carbocycles. The highest BCUT2D eigenvalue weighted by Crippen LogP contribution is 2.38. The number of benzene rings is 2. The lowest BCUT2D eigenvalue weighted by Crippen LogP contribution is -2.15. The van der Waals surface area contributed by atoms with Crippen molar-refractivity contribution in [3.8, 4) is 16.9 Å². The summed E-state index contributed by atoms with van der Waals surface area (Å²) in [5, 5.41) is 13.3. The lowest BCUT2D eigenvalue weighted by Gasteiger charge is -2.20. The first-order valence-electron chi connectivity index (χ1n) is 9.80. The molecule has 4 rings (SSSR count). The zero-order valence-electron chi connectivity index (χ0n) is 17.5. The first-order valence-corrected chi connectivity index (χ1v) is 10.7. The van der Waals surface area contributed by atoms with Crippen molar-refractivity contribution in [2.45, 2.75) is 30.7 Å². The molecule has 1 atom stereocenters. The third-order valence-electron chi connectivity index (χ3n) is 4.95. The molecule has 7 N–H and O–H groups in total. The summed E-state index contributed by atoms with van der Waals surface area (Å²) in [6.07, 6.45) is 2.30. The van der Waals surface area contributed by atoms with Crippen molar-refractivity contribution in [1.29, 1.82) is 0 Å². The molecule has 9 heteroatoms. The first kappa shape index (κ1) is 22.5. The van der Waals surface area contributed by atoms with Crippen LogP contribution in [-0.4, -0.2) is 35.1 Å². The van der Waals surface area contributed by atoms with Crippen LogP contribution < -0.4 is 21.9 Å². The maximum atomic E-state index is 12.0. The zero-order chi connectivity index (χ0) is 22.5. The predicted octanol–water partition coefficient (Wildman–Crippen LogP) is 2.28. The second-order valence-corrected chi connectivity index (χ2v) is 7.89. The van der Waals surface area contributed by atoms with Crippen LogP contribution in [0.3, 0.4) is 0 Å². The van der Waals surface area contributed by atoms with Crippen LogP contribution in [0.15, 0.2) is 47.4 Å². The van der Waals surface area contributed by atoms with Crippen molar-refractivity contribution >= 4 is 29.8 Å². The monoisotopic (exact) mass is 438 g/mol. The molecule has 1 aromatic heterocycles. The van der Waals surface area contributed by atoms with Gasteiger partial charge in [-0.2, -0.15) is 5.10 Å². The van der Waals surface area contributed by atoms with Crippen molar-refractivity contribution in [2.75, 3.05) is 12.4 Å². The number of hydrogen-bond acceptors (Lipinski definition) is 7. The number of carbonyl (C=O) groups is 2. The second-order valence-electron chi connectivity index (χ2n) is 7.18. The van der Waals surface area contributed by atoms with Crippen molar-refractivity contribution in [3.05, 3.63) is 59.3 Å². The third-order valence-corrected chi connectivity index (χ3v) is 5.49. The van der Waals surface area contributed by atoms with E-state index in [2.05, 4.69) is 28.6 Å². The molecule has 1 aliphatic carbocycles. The smallest absolute Gasteiger partial charge is 0.269 e. The van der Waals surface area contributed by atoms with E-state index in [1.54, 1.807) is 6.92 Å². The highest BCUT2D eigenvalue weighted by molar-refractivity contribution is 7.97. The fourth-order valence-electron chi connectivity index (χ4n) is 3.44. The van der Waals surface area contributed by atoms with Gasteiger partial charge in [-0.3, -0.25) is 9.93 Å². The van der Waals surface area contributed by atoms with E-state index in [1.165, 1.54) is 17.5 Å². The molecule has 162 valence electrons. The Bertz CT molecular complexity index is 1090. The standard InChI is InChI=1S/C19H19N5OS.C3H7NO/c1-22-12-4-2-11-3-9-15-17(19(20)25)23-24(18(15)16(11)10-12)13-5-7-14(26-21)8-6-13;1-3(4)2-5/h2,4-8,10,22H,3,9,21H2,1H3,(H2,20,25);2-3H,4H2,1H3. The molecule has 3 aromatic rings. The van der Waals surface area contributed by atoms with Crippen LogP contribution in [0.25, 0.3) is 16.9 Å². The fourth-order valence-corrected chi connectivity index (χ4v) is 3.74. The summed E-state index contributed by atoms with van der Waals surface area (Å²) in [4.78, 5) is 22.3. The van der Waals surface area contributed by atoms with Gasteiger partial charge in [-0.25, -0.2) is 4.68 Å². The summed E-state index contributed by atoms with van der Waals surface area (Å²) in [6, 6.07) is 13.8. The Labute approximate surface area is 185 Å². The van der Waals surface area contributed by atoms with E-state index < -0.39 is 5.91 Å². The molecule has 1 heterocycles. The Hall–Kier alpha value is -3.14. The Balaban J connectivity index is 0.000000491. The topological polar surface area (TPSA) is 142 Å². The van der Waals surface area contributed by atoms with Gasteiger partial charge in [0.15, 0.2) is 5.69 Å². The predicted molar refractivity (Wildman–Crippen MR) is 124 cm³/mol. The first-order chi connectivity index (χ1) is 14.9. The van der Waals surface area contributed by atoms with E-state index >= 15 is 0 Å². The molecule has 0 fully saturated rings. The largest absolute Gasteiger partial charge is 0.388 e. The van der Waals surface area contributed by atoms with Crippen LogP contribution >= 0.6 is 11.9 Å². The summed E-state index contributed by atoms with van der Waals surface area (Å²) in [5.74, 6) is -0.498. The number of nitrogens with two attached hydrogens (primary N) is 3. The molecule has 0 saturated carbocycles. The quantitative estimate of drug-likeness (QED) is 0.353. The number of aldehydes is 1. The van der Waals surface area contributed by atoms with Crippen LogP contribution in [0.1, 0.15) is 28.5 Å². The van der Waals surface area contributed by atoms with Crippen molar-refractivity contribution in [3.63, 3.8) is 0 Å². The number of fused-ring (bicyclic) bond motifs is 3. The van der Waals surface area contributed by atoms with Gasteiger partial charge in [-0.05, 0) is 73.7 Å². The fraction of sp³-hybridized carbons (Fsp3) is 0.227. The maximum Gasteiger partial charge on any atom is 0.269 e. The molecule has 0 bridgehead atoms. The highest BCUT2D eigenvalue weighted by Gasteiger charge is 2.28. The van der Waals surface area contributed by atoms with Crippen molar-refractivity contribution in [2.24, 2.45) is 16.6 Å². The van der Waals surface area contributed by atoms with Crippen LogP contribution in [0, 0.1) is 0 Å². The summed E-state index contributed by atoms with van der Waals surface area (Å²) in [5.41, 5.74) is 16.9. The normalized spacial score (nSPS) is 12.6. The molecule has 0 saturated heterocycles. The molecule has 31 heavy (non-hydrogen) atoms. The summed E-state index contributed by atoms with van der Waals surface area (Å²) < 4.78 is 1.82. The number of nitrogens with one attached hydrogen (secondary N) is 1. The van der Waals surface area contributed by atoms with E-state index in [9.17, 15) is 9.59 Å². The number of nitrogens with zero attached hydrogens (tertiary/aromatic N) is 2. The van der Waals surface area contributed by atoms with Gasteiger partial charge in [0.2, 0.25) is 0 Å². The Morgan fingerprint density at radius 2 is 1.90 bits per heavy atom. The molecule has 1 amide bonds. The zero-order valence-corrected chi connectivity index (χ0v) is 18.3. The average molecular weight is 439 g/mol. The number of anilines is 1. The van der Waals surface area contributed by atoms with E-state index in [1.807, 2.05) is 36.0 Å². The molecule has 1 aliphatic rings. The SMILES string of the molecule is CC(N)C=O.CNc1ccc2c(c1)-c1c(c(C(N)=O)nn1-c1ccc(SN)cc1)CC2. The summed E-state index contributed by atoms with van der Waals surface area (Å²) in [7, 11) is 1.89. The molecule has 0 spiro atoms. The molecular formula is C22H26N6O2S. The van der Waals surface area contributed by atoms with Gasteiger partial charge in [0.1, 0.15) is 6.29 Å². The van der Waals surface area contributed by atoms with Gasteiger partial charge in [-0.15, -0.1) is 0 Å². The van der Waals surface area contributed by atoms with Gasteiger partial charge in [-0.1, -0.05) is 6.07 Å². The van der Waals surface area contributed by atoms with E-state index in [0.717, 1.165) is 45.9 Å². The van der Waals surface area contributed by atoms with Crippen LogP contribution in [-0.2, 0) is 17.6 Å². The Morgan fingerprint density at radius 1 is 1.23 bits per heavy atom. The molecular weight excluding hydrogens is 412 g/mol. The van der Waals surface area contributed by atoms with Gasteiger partial charge < -0.3 is 21.6 Å². The molecule has 8 nitrogen and oxygen atoms in total. The number of carbonyl (C=O) groups excluding carboxylic acids is 2. The van der Waals surface area contributed by atoms with Crippen molar-refractivity contribution in [1.82, 2.24) is 9.78 Å². The van der Waals surface area contributed by atoms with E-state index in [0.29, 0.717) is 12.0 Å². The lowest BCUT2D eigenvalue weighted by molar-refractivity contribution is -0.108. The number of hydrogen-bond donors (Lipinski definition) is 4. The molecule has 0 aliphatic heterocycles. The minimum atomic E-state index is -0.498. The number of aromatic nitrogens is 2. The van der Waals surface area contributed by atoms with Crippen LogP contribution in [0.2, 0.25) is 0 Å². The number of primary amides is 1. The van der Waals surface area contributed by atoms with Gasteiger partial charge in [0, 0.05) is 28.8 Å². The van der Waals surface area contributed by atoms with Gasteiger partial charge in [0.25, 0.3) is 5.91 Å². The summed E-state index contributed by atoms with van der Waals surface area (Å²) >= 11 is 1.19. The van der Waals surface area contributed by atoms with Gasteiger partial charge in [0.05, 0.1) is 17.4 Å². The third kappa shape index (κ3) is 4.79. The maximum absolute atomic E-state index is 12.0. The van der Waals surface area contributed by atoms with E-state index in [4.69, 9.17) is 16.6 Å². The van der Waals surface area contributed by atoms with E-state index in [-0.39, 0.29) is 6.04 Å². The summed E-state index contributed by atoms with van der Waals surface area (Å²) in [6.45, 7) is 1.63. The number of amides is 1. The second kappa shape index (κ2) is 9.78. The van der Waals surface area contributed by atoms with Crippen LogP contribution in [0.5, 0.6) is 0 Å². The van der Waals surface area contributed by atoms with Crippen LogP contribution in [0.4, 0.5) is 5.69 Å². The highest BCUT2D eigenvalue weighted by atomic mass is 32.2. The molecule has 0 radical (unpaired) electrons. The lowest BCUT2D eigenvalue weighted by atomic mass is 9.88. The van der Waals surface area contributed by atoms with Crippen molar-refractivity contribution < 1.29 is 9.59 Å².